The van der Waals surface area contributed by atoms with Crippen LogP contribution >= 0.6 is 0 Å². The van der Waals surface area contributed by atoms with E-state index in [2.05, 4.69) is 5.32 Å². The Kier molecular flexibility index (Phi) is 5.45. The third-order valence-electron chi connectivity index (χ3n) is 2.43. The molecule has 0 aliphatic carbocycles. The van der Waals surface area contributed by atoms with Gasteiger partial charge < -0.3 is 19.9 Å². The fraction of sp³-hybridized carbons (Fsp3) is 0.462. The first-order chi connectivity index (χ1) is 8.62. The number of aliphatic hydroxyl groups is 1. The Morgan fingerprint density at radius 3 is 2.72 bits per heavy atom. The Hall–Kier alpha value is -1.75. The predicted molar refractivity (Wildman–Crippen MR) is 67.7 cm³/mol. The minimum atomic E-state index is -0.618. The van der Waals surface area contributed by atoms with E-state index in [9.17, 15) is 4.79 Å². The lowest BCUT2D eigenvalue weighted by Crippen LogP contribution is -2.36. The van der Waals surface area contributed by atoms with Gasteiger partial charge in [-0.1, -0.05) is 6.07 Å². The summed E-state index contributed by atoms with van der Waals surface area (Å²) in [7, 11) is 1.53. The molecule has 1 amide bonds. The molecular weight excluding hydrogens is 234 g/mol. The van der Waals surface area contributed by atoms with Crippen LogP contribution in [0.3, 0.4) is 0 Å². The average Bonchev–Trinajstić information content (AvgIpc) is 2.38. The Bertz CT molecular complexity index is 406. The van der Waals surface area contributed by atoms with Gasteiger partial charge in [-0.05, 0) is 31.5 Å². The lowest BCUT2D eigenvalue weighted by atomic mass is 10.2. The number of likely N-dealkylation sites (N-methyl/N-ethyl adjacent to an activating group) is 1. The number of methoxy groups -OCH3 is 1. The van der Waals surface area contributed by atoms with Crippen LogP contribution in [-0.2, 0) is 11.4 Å². The summed E-state index contributed by atoms with van der Waals surface area (Å²) in [5.41, 5.74) is 0.703. The van der Waals surface area contributed by atoms with Crippen LogP contribution in [0.2, 0.25) is 0 Å². The second kappa shape index (κ2) is 6.86. The highest BCUT2D eigenvalue weighted by atomic mass is 16.5. The van der Waals surface area contributed by atoms with Crippen LogP contribution in [0.1, 0.15) is 19.4 Å². The van der Waals surface area contributed by atoms with Crippen molar-refractivity contribution >= 4 is 5.91 Å². The molecule has 0 bridgehead atoms. The normalized spacial score (nSPS) is 11.8. The van der Waals surface area contributed by atoms with Gasteiger partial charge in [0.05, 0.1) is 13.7 Å². The van der Waals surface area contributed by atoms with Crippen LogP contribution in [-0.4, -0.2) is 30.8 Å². The average molecular weight is 253 g/mol. The van der Waals surface area contributed by atoms with Gasteiger partial charge in [0.15, 0.2) is 17.6 Å². The van der Waals surface area contributed by atoms with Crippen molar-refractivity contribution in [2.75, 3.05) is 13.7 Å². The minimum Gasteiger partial charge on any atom is -0.493 e. The summed E-state index contributed by atoms with van der Waals surface area (Å²) >= 11 is 0. The van der Waals surface area contributed by atoms with Gasteiger partial charge in [0.1, 0.15) is 0 Å². The van der Waals surface area contributed by atoms with E-state index in [-0.39, 0.29) is 12.5 Å². The highest BCUT2D eigenvalue weighted by Crippen LogP contribution is 2.29. The van der Waals surface area contributed by atoms with Crippen LogP contribution in [0.25, 0.3) is 0 Å². The van der Waals surface area contributed by atoms with Gasteiger partial charge in [0.25, 0.3) is 5.91 Å². The number of carbonyl (C=O) groups is 1. The Morgan fingerprint density at radius 2 is 2.17 bits per heavy atom. The quantitative estimate of drug-likeness (QED) is 0.796. The second-order valence-corrected chi connectivity index (χ2v) is 3.80. The zero-order valence-corrected chi connectivity index (χ0v) is 10.9. The lowest BCUT2D eigenvalue weighted by molar-refractivity contribution is -0.127. The van der Waals surface area contributed by atoms with E-state index in [1.807, 2.05) is 6.92 Å². The number of aliphatic hydroxyl groups excluding tert-OH is 1. The van der Waals surface area contributed by atoms with Gasteiger partial charge >= 0.3 is 0 Å². The number of hydrogen-bond donors (Lipinski definition) is 2. The third-order valence-corrected chi connectivity index (χ3v) is 2.43. The molecule has 0 saturated heterocycles. The van der Waals surface area contributed by atoms with Crippen LogP contribution in [0, 0.1) is 0 Å². The number of ether oxygens (including phenoxy) is 2. The summed E-state index contributed by atoms with van der Waals surface area (Å²) in [6, 6.07) is 5.10. The topological polar surface area (TPSA) is 67.8 Å². The van der Waals surface area contributed by atoms with Crippen molar-refractivity contribution in [2.24, 2.45) is 0 Å². The van der Waals surface area contributed by atoms with E-state index in [4.69, 9.17) is 14.6 Å². The van der Waals surface area contributed by atoms with Gasteiger partial charge in [-0.25, -0.2) is 0 Å². The van der Waals surface area contributed by atoms with Crippen LogP contribution in [0.4, 0.5) is 0 Å². The van der Waals surface area contributed by atoms with Crippen molar-refractivity contribution in [3.63, 3.8) is 0 Å². The van der Waals surface area contributed by atoms with Crippen molar-refractivity contribution in [2.45, 2.75) is 26.6 Å². The summed E-state index contributed by atoms with van der Waals surface area (Å²) in [5.74, 6) is 0.792. The largest absolute Gasteiger partial charge is 0.493 e. The summed E-state index contributed by atoms with van der Waals surface area (Å²) in [4.78, 5) is 11.6. The molecule has 1 aromatic carbocycles. The molecule has 1 aromatic rings. The fourth-order valence-corrected chi connectivity index (χ4v) is 1.47. The molecule has 0 radical (unpaired) electrons. The van der Waals surface area contributed by atoms with E-state index >= 15 is 0 Å². The molecule has 0 aliphatic heterocycles. The summed E-state index contributed by atoms with van der Waals surface area (Å²) in [6.45, 7) is 3.98. The molecule has 0 aliphatic rings. The minimum absolute atomic E-state index is 0.0874. The lowest BCUT2D eigenvalue weighted by Gasteiger charge is -2.16. The number of amides is 1. The van der Waals surface area contributed by atoms with E-state index in [1.54, 1.807) is 25.1 Å². The number of hydrogen-bond acceptors (Lipinski definition) is 4. The summed E-state index contributed by atoms with van der Waals surface area (Å²) in [5, 5.41) is 11.8. The molecule has 0 fully saturated rings. The van der Waals surface area contributed by atoms with Crippen LogP contribution < -0.4 is 14.8 Å². The van der Waals surface area contributed by atoms with E-state index in [0.29, 0.717) is 23.6 Å². The van der Waals surface area contributed by atoms with Gasteiger partial charge in [-0.3, -0.25) is 4.79 Å². The van der Waals surface area contributed by atoms with Crippen LogP contribution in [0.15, 0.2) is 18.2 Å². The van der Waals surface area contributed by atoms with E-state index in [1.165, 1.54) is 7.11 Å². The van der Waals surface area contributed by atoms with Gasteiger partial charge in [-0.15, -0.1) is 0 Å². The molecule has 2 N–H and O–H groups in total. The van der Waals surface area contributed by atoms with Crippen molar-refractivity contribution in [1.29, 1.82) is 0 Å². The van der Waals surface area contributed by atoms with Gasteiger partial charge in [0.2, 0.25) is 0 Å². The Morgan fingerprint density at radius 1 is 1.44 bits per heavy atom. The molecule has 0 spiro atoms. The Balaban J connectivity index is 2.84. The van der Waals surface area contributed by atoms with E-state index < -0.39 is 6.10 Å². The van der Waals surface area contributed by atoms with Gasteiger partial charge in [-0.2, -0.15) is 0 Å². The molecule has 1 rings (SSSR count). The first-order valence-corrected chi connectivity index (χ1v) is 5.84. The number of nitrogens with one attached hydrogen (secondary N) is 1. The van der Waals surface area contributed by atoms with Crippen LogP contribution in [0.5, 0.6) is 11.5 Å². The molecule has 18 heavy (non-hydrogen) atoms. The van der Waals surface area contributed by atoms with E-state index in [0.717, 1.165) is 0 Å². The highest BCUT2D eigenvalue weighted by Gasteiger charge is 2.16. The number of carbonyl (C=O) groups excluding carboxylic acids is 1. The maximum absolute atomic E-state index is 11.6. The fourth-order valence-electron chi connectivity index (χ4n) is 1.47. The summed E-state index contributed by atoms with van der Waals surface area (Å²) in [6.07, 6.45) is -0.618. The first-order valence-electron chi connectivity index (χ1n) is 5.84. The highest BCUT2D eigenvalue weighted by molar-refractivity contribution is 5.80. The maximum Gasteiger partial charge on any atom is 0.260 e. The molecule has 100 valence electrons. The first kappa shape index (κ1) is 14.3. The summed E-state index contributed by atoms with van der Waals surface area (Å²) < 4.78 is 10.7. The zero-order chi connectivity index (χ0) is 13.5. The zero-order valence-electron chi connectivity index (χ0n) is 10.9. The molecule has 5 heteroatoms. The molecular formula is C13H19NO4. The molecule has 1 unspecified atom stereocenters. The molecule has 1 atom stereocenters. The molecule has 5 nitrogen and oxygen atoms in total. The van der Waals surface area contributed by atoms with Crippen molar-refractivity contribution in [3.8, 4) is 11.5 Å². The van der Waals surface area contributed by atoms with Crippen molar-refractivity contribution in [1.82, 2.24) is 5.32 Å². The SMILES string of the molecule is CCNC(=O)C(C)Oc1cc(CO)ccc1OC. The molecule has 0 saturated carbocycles. The van der Waals surface area contributed by atoms with Crippen molar-refractivity contribution < 1.29 is 19.4 Å². The van der Waals surface area contributed by atoms with Gasteiger partial charge in [0, 0.05) is 6.54 Å². The third kappa shape index (κ3) is 3.63. The second-order valence-electron chi connectivity index (χ2n) is 3.80. The molecule has 0 heterocycles. The predicted octanol–water partition coefficient (Wildman–Crippen LogP) is 1.09. The maximum atomic E-state index is 11.6. The Labute approximate surface area is 107 Å². The number of benzene rings is 1. The number of rotatable bonds is 6. The standard InChI is InChI=1S/C13H19NO4/c1-4-14-13(16)9(2)18-12-7-10(8-15)5-6-11(12)17-3/h5-7,9,15H,4,8H2,1-3H3,(H,14,16). The molecule has 0 aromatic heterocycles. The monoisotopic (exact) mass is 253 g/mol. The smallest absolute Gasteiger partial charge is 0.260 e. The van der Waals surface area contributed by atoms with Crippen molar-refractivity contribution in [3.05, 3.63) is 23.8 Å².